The molecule has 3 heterocycles. The molecule has 3 unspecified atom stereocenters. The first-order chi connectivity index (χ1) is 19.5. The molecule has 6 nitrogen and oxygen atoms in total. The number of rotatable bonds is 3. The summed E-state index contributed by atoms with van der Waals surface area (Å²) in [6.07, 6.45) is 5.65. The Labute approximate surface area is 249 Å². The molecule has 3 aliphatic rings. The summed E-state index contributed by atoms with van der Waals surface area (Å²) in [5, 5.41) is 1.64. The molecule has 9 heteroatoms. The van der Waals surface area contributed by atoms with Crippen molar-refractivity contribution in [1.82, 2.24) is 9.71 Å². The van der Waals surface area contributed by atoms with E-state index in [2.05, 4.69) is 41.7 Å². The van der Waals surface area contributed by atoms with E-state index >= 15 is 0 Å². The van der Waals surface area contributed by atoms with Crippen LogP contribution in [0.5, 0.6) is 5.75 Å². The van der Waals surface area contributed by atoms with Crippen molar-refractivity contribution in [3.8, 4) is 5.75 Å². The van der Waals surface area contributed by atoms with E-state index in [1.165, 1.54) is 28.0 Å². The van der Waals surface area contributed by atoms with Gasteiger partial charge in [-0.3, -0.25) is 9.52 Å². The fraction of sp³-hybridized carbons (Fsp3) is 0.484. The zero-order valence-electron chi connectivity index (χ0n) is 23.1. The van der Waals surface area contributed by atoms with Crippen molar-refractivity contribution in [2.24, 2.45) is 5.92 Å². The Kier molecular flexibility index (Phi) is 8.58. The van der Waals surface area contributed by atoms with E-state index in [-0.39, 0.29) is 24.3 Å². The Morgan fingerprint density at radius 2 is 2.08 bits per heavy atom. The quantitative estimate of drug-likeness (QED) is 0.337. The molecule has 4 bridgehead atoms. The topological polar surface area (TPSA) is 63.7 Å². The molecule has 212 valence electrons. The predicted molar refractivity (Wildman–Crippen MR) is 163 cm³/mol. The lowest BCUT2D eigenvalue weighted by molar-refractivity contribution is -0.118. The number of ether oxygens (including phenoxy) is 2. The molecule has 1 fully saturated rings. The van der Waals surface area contributed by atoms with Gasteiger partial charge in [0.15, 0.2) is 0 Å². The molecule has 0 radical (unpaired) electrons. The Morgan fingerprint density at radius 3 is 2.90 bits per heavy atom. The number of nitrogens with zero attached hydrogens (tertiary/aromatic N) is 2. The van der Waals surface area contributed by atoms with E-state index in [0.29, 0.717) is 19.1 Å². The number of carbonyl (C=O) groups is 1. The van der Waals surface area contributed by atoms with Gasteiger partial charge in [0.05, 0.1) is 37.1 Å². The van der Waals surface area contributed by atoms with Crippen molar-refractivity contribution in [2.45, 2.75) is 69.3 Å². The SMILES string of the molecule is CCCc1cc(Cl)ccc1C1COc2ccc3cc2N(C1)CC1CCC1OCCc1nc(sc1C)CC(=O)NS3. The Morgan fingerprint density at radius 1 is 1.18 bits per heavy atom. The third kappa shape index (κ3) is 6.15. The predicted octanol–water partition coefficient (Wildman–Crippen LogP) is 6.76. The third-order valence-corrected chi connectivity index (χ3v) is 10.3. The van der Waals surface area contributed by atoms with Gasteiger partial charge in [0.1, 0.15) is 10.8 Å². The van der Waals surface area contributed by atoms with E-state index in [4.69, 9.17) is 26.1 Å². The van der Waals surface area contributed by atoms with Crippen LogP contribution in [-0.2, 0) is 28.8 Å². The molecule has 2 aliphatic heterocycles. The summed E-state index contributed by atoms with van der Waals surface area (Å²) < 4.78 is 15.9. The number of hydrogen-bond donors (Lipinski definition) is 1. The number of halogens is 1. The number of anilines is 1. The average molecular weight is 598 g/mol. The van der Waals surface area contributed by atoms with Gasteiger partial charge in [-0.2, -0.15) is 0 Å². The fourth-order valence-electron chi connectivity index (χ4n) is 6.00. The second-order valence-corrected chi connectivity index (χ2v) is 13.7. The molecule has 40 heavy (non-hydrogen) atoms. The van der Waals surface area contributed by atoms with E-state index < -0.39 is 0 Å². The first-order valence-electron chi connectivity index (χ1n) is 14.3. The van der Waals surface area contributed by atoms with E-state index in [1.807, 2.05) is 18.2 Å². The zero-order valence-corrected chi connectivity index (χ0v) is 25.5. The van der Waals surface area contributed by atoms with E-state index in [0.717, 1.165) is 77.3 Å². The van der Waals surface area contributed by atoms with Gasteiger partial charge >= 0.3 is 0 Å². The van der Waals surface area contributed by atoms with Crippen LogP contribution in [0.1, 0.15) is 58.8 Å². The highest BCUT2D eigenvalue weighted by molar-refractivity contribution is 7.98. The van der Waals surface area contributed by atoms with Gasteiger partial charge in [-0.25, -0.2) is 4.98 Å². The minimum atomic E-state index is -0.0433. The third-order valence-electron chi connectivity index (χ3n) is 8.22. The summed E-state index contributed by atoms with van der Waals surface area (Å²) in [4.78, 5) is 22.2. The summed E-state index contributed by atoms with van der Waals surface area (Å²) in [6, 6.07) is 12.6. The highest BCUT2D eigenvalue weighted by atomic mass is 35.5. The number of amides is 1. The molecule has 1 amide bonds. The van der Waals surface area contributed by atoms with Gasteiger partial charge in [0.2, 0.25) is 5.91 Å². The van der Waals surface area contributed by atoms with Crippen molar-refractivity contribution < 1.29 is 14.3 Å². The number of aromatic nitrogens is 1. The van der Waals surface area contributed by atoms with Crippen LogP contribution in [0.3, 0.4) is 0 Å². The van der Waals surface area contributed by atoms with Gasteiger partial charge in [0.25, 0.3) is 0 Å². The highest BCUT2D eigenvalue weighted by Gasteiger charge is 2.36. The Hall–Kier alpha value is -2.26. The molecule has 1 saturated carbocycles. The summed E-state index contributed by atoms with van der Waals surface area (Å²) >= 11 is 9.37. The minimum Gasteiger partial charge on any atom is -0.491 e. The lowest BCUT2D eigenvalue weighted by Crippen LogP contribution is -2.44. The number of carbonyl (C=O) groups excluding carboxylic acids is 1. The number of benzene rings is 2. The smallest absolute Gasteiger partial charge is 0.236 e. The van der Waals surface area contributed by atoms with Gasteiger partial charge in [-0.15, -0.1) is 11.3 Å². The second-order valence-electron chi connectivity index (χ2n) is 11.0. The van der Waals surface area contributed by atoms with Crippen LogP contribution in [0.4, 0.5) is 5.69 Å². The maximum Gasteiger partial charge on any atom is 0.236 e. The molecular weight excluding hydrogens is 562 g/mol. The lowest BCUT2D eigenvalue weighted by atomic mass is 9.81. The summed E-state index contributed by atoms with van der Waals surface area (Å²) in [7, 11) is 0. The molecule has 2 aromatic carbocycles. The van der Waals surface area contributed by atoms with Crippen LogP contribution in [0, 0.1) is 12.8 Å². The van der Waals surface area contributed by atoms with Crippen molar-refractivity contribution in [2.75, 3.05) is 31.2 Å². The first kappa shape index (κ1) is 27.9. The van der Waals surface area contributed by atoms with Crippen LogP contribution >= 0.6 is 34.9 Å². The van der Waals surface area contributed by atoms with Crippen LogP contribution in [0.25, 0.3) is 0 Å². The summed E-state index contributed by atoms with van der Waals surface area (Å²) in [5.74, 6) is 1.53. The summed E-state index contributed by atoms with van der Waals surface area (Å²) in [6.45, 7) is 7.33. The second kappa shape index (κ2) is 12.3. The zero-order chi connectivity index (χ0) is 27.6. The number of thiazole rings is 1. The summed E-state index contributed by atoms with van der Waals surface area (Å²) in [5.41, 5.74) is 4.77. The highest BCUT2D eigenvalue weighted by Crippen LogP contribution is 2.41. The first-order valence-corrected chi connectivity index (χ1v) is 16.3. The van der Waals surface area contributed by atoms with Crippen molar-refractivity contribution in [3.05, 3.63) is 68.1 Å². The number of fused-ring (bicyclic) bond motifs is 4. The molecular formula is C31H36ClN3O3S2. The van der Waals surface area contributed by atoms with Gasteiger partial charge in [0, 0.05) is 46.1 Å². The minimum absolute atomic E-state index is 0.0433. The standard InChI is InChI=1S/C31H36ClN3O3S2/c1-3-4-20-13-23(32)6-8-25(20)22-17-35-16-21-5-9-28(21)37-12-11-26-19(2)39-31(33-26)15-30(36)34-40-24-7-10-29(38-18-22)27(35)14-24/h6-8,10,13-14,21-22,28H,3-5,9,11-12,15-18H2,1-2H3,(H,34,36). The van der Waals surface area contributed by atoms with Gasteiger partial charge in [-0.05, 0) is 79.6 Å². The molecule has 0 spiro atoms. The molecule has 3 atom stereocenters. The monoisotopic (exact) mass is 597 g/mol. The lowest BCUT2D eigenvalue weighted by Gasteiger charge is -2.41. The Balaban J connectivity index is 1.31. The average Bonchev–Trinajstić information content (AvgIpc) is 3.16. The molecule has 1 aromatic heterocycles. The van der Waals surface area contributed by atoms with Crippen LogP contribution in [0.2, 0.25) is 5.02 Å². The van der Waals surface area contributed by atoms with Crippen molar-refractivity contribution in [1.29, 1.82) is 0 Å². The van der Waals surface area contributed by atoms with Crippen molar-refractivity contribution >= 4 is 46.5 Å². The number of aryl methyl sites for hydroxylation is 2. The normalized spacial score (nSPS) is 23.2. The number of hydrogen-bond acceptors (Lipinski definition) is 7. The molecule has 0 saturated heterocycles. The molecule has 3 aromatic rings. The molecule has 1 aliphatic carbocycles. The largest absolute Gasteiger partial charge is 0.491 e. The molecule has 6 rings (SSSR count). The molecule has 1 N–H and O–H groups in total. The van der Waals surface area contributed by atoms with Gasteiger partial charge < -0.3 is 14.4 Å². The van der Waals surface area contributed by atoms with Crippen molar-refractivity contribution in [3.63, 3.8) is 0 Å². The maximum atomic E-state index is 12.8. The van der Waals surface area contributed by atoms with E-state index in [9.17, 15) is 4.79 Å². The van der Waals surface area contributed by atoms with Crippen LogP contribution in [-0.4, -0.2) is 43.3 Å². The van der Waals surface area contributed by atoms with Gasteiger partial charge in [-0.1, -0.05) is 31.0 Å². The number of nitrogens with one attached hydrogen (secondary N) is 1. The fourth-order valence-corrected chi connectivity index (χ4v) is 7.78. The van der Waals surface area contributed by atoms with E-state index in [1.54, 1.807) is 11.3 Å². The Bertz CT molecular complexity index is 1380. The van der Waals surface area contributed by atoms with Crippen LogP contribution in [0.15, 0.2) is 41.3 Å². The maximum absolute atomic E-state index is 12.8. The van der Waals surface area contributed by atoms with Crippen LogP contribution < -0.4 is 14.4 Å².